The van der Waals surface area contributed by atoms with Gasteiger partial charge in [0, 0.05) is 24.6 Å². The van der Waals surface area contributed by atoms with Crippen LogP contribution in [0.4, 0.5) is 0 Å². The van der Waals surface area contributed by atoms with Crippen molar-refractivity contribution in [1.82, 2.24) is 14.9 Å². The molecule has 0 aliphatic carbocycles. The Morgan fingerprint density at radius 2 is 1.89 bits per heavy atom. The third-order valence-electron chi connectivity index (χ3n) is 4.99. The molecule has 0 spiro atoms. The van der Waals surface area contributed by atoms with E-state index in [1.54, 1.807) is 6.20 Å². The Labute approximate surface area is 166 Å². The lowest BCUT2D eigenvalue weighted by Gasteiger charge is -2.19. The van der Waals surface area contributed by atoms with Crippen molar-refractivity contribution in [3.63, 3.8) is 0 Å². The molecule has 146 valence electrons. The molecule has 5 heteroatoms. The lowest BCUT2D eigenvalue weighted by Crippen LogP contribution is -2.37. The number of aryl methyl sites for hydroxylation is 2. The standard InChI is InChI=1S/C23H27N3O2/c1-5-21(28-22-8-6-7-16(2)17(22)3)23(27)25-15-19-9-11-20(12-10-19)26-14-13-24-18(26)4/h6-14,21H,5,15H2,1-4H3,(H,25,27)/t21-/m1/s1. The van der Waals surface area contributed by atoms with E-state index < -0.39 is 6.10 Å². The molecular formula is C23H27N3O2. The highest BCUT2D eigenvalue weighted by atomic mass is 16.5. The smallest absolute Gasteiger partial charge is 0.261 e. The highest BCUT2D eigenvalue weighted by Crippen LogP contribution is 2.22. The molecule has 0 radical (unpaired) electrons. The average molecular weight is 377 g/mol. The van der Waals surface area contributed by atoms with Crippen LogP contribution in [0.25, 0.3) is 5.69 Å². The molecule has 0 saturated heterocycles. The highest BCUT2D eigenvalue weighted by molar-refractivity contribution is 5.81. The van der Waals surface area contributed by atoms with Crippen LogP contribution >= 0.6 is 0 Å². The molecule has 0 aliphatic heterocycles. The summed E-state index contributed by atoms with van der Waals surface area (Å²) in [5.74, 6) is 1.61. The van der Waals surface area contributed by atoms with Gasteiger partial charge in [-0.25, -0.2) is 4.98 Å². The van der Waals surface area contributed by atoms with Crippen molar-refractivity contribution in [3.05, 3.63) is 77.4 Å². The Kier molecular flexibility index (Phi) is 6.14. The van der Waals surface area contributed by atoms with Crippen molar-refractivity contribution in [1.29, 1.82) is 0 Å². The lowest BCUT2D eigenvalue weighted by atomic mass is 10.1. The first-order valence-corrected chi connectivity index (χ1v) is 9.59. The molecular weight excluding hydrogens is 350 g/mol. The topological polar surface area (TPSA) is 56.1 Å². The fourth-order valence-electron chi connectivity index (χ4n) is 3.06. The number of ether oxygens (including phenoxy) is 1. The maximum Gasteiger partial charge on any atom is 0.261 e. The van der Waals surface area contributed by atoms with Crippen LogP contribution in [0.1, 0.15) is 35.9 Å². The second kappa shape index (κ2) is 8.74. The van der Waals surface area contributed by atoms with Gasteiger partial charge in [0.1, 0.15) is 11.6 Å². The number of carbonyl (C=O) groups excluding carboxylic acids is 1. The second-order valence-corrected chi connectivity index (χ2v) is 6.94. The lowest BCUT2D eigenvalue weighted by molar-refractivity contribution is -0.128. The van der Waals surface area contributed by atoms with Crippen molar-refractivity contribution >= 4 is 5.91 Å². The van der Waals surface area contributed by atoms with Gasteiger partial charge in [0.2, 0.25) is 0 Å². The summed E-state index contributed by atoms with van der Waals surface area (Å²) in [6.07, 6.45) is 3.82. The SMILES string of the molecule is CC[C@@H](Oc1cccc(C)c1C)C(=O)NCc1ccc(-n2ccnc2C)cc1. The second-order valence-electron chi connectivity index (χ2n) is 6.94. The summed E-state index contributed by atoms with van der Waals surface area (Å²) in [5, 5.41) is 2.99. The van der Waals surface area contributed by atoms with Crippen molar-refractivity contribution in [2.24, 2.45) is 0 Å². The number of amides is 1. The Balaban J connectivity index is 1.60. The van der Waals surface area contributed by atoms with E-state index in [1.165, 1.54) is 0 Å². The van der Waals surface area contributed by atoms with E-state index in [4.69, 9.17) is 4.74 Å². The predicted molar refractivity (Wildman–Crippen MR) is 111 cm³/mol. The van der Waals surface area contributed by atoms with Crippen LogP contribution in [0.2, 0.25) is 0 Å². The molecule has 0 aliphatic rings. The molecule has 1 N–H and O–H groups in total. The van der Waals surface area contributed by atoms with Gasteiger partial charge < -0.3 is 14.6 Å². The van der Waals surface area contributed by atoms with Gasteiger partial charge in [0.25, 0.3) is 5.91 Å². The van der Waals surface area contributed by atoms with E-state index in [2.05, 4.69) is 10.3 Å². The van der Waals surface area contributed by atoms with Crippen molar-refractivity contribution in [2.45, 2.75) is 46.8 Å². The minimum absolute atomic E-state index is 0.0991. The first kappa shape index (κ1) is 19.7. The normalized spacial score (nSPS) is 11.9. The van der Waals surface area contributed by atoms with Gasteiger partial charge in [0.05, 0.1) is 0 Å². The van der Waals surface area contributed by atoms with Gasteiger partial charge in [0.15, 0.2) is 6.10 Å². The molecule has 28 heavy (non-hydrogen) atoms. The number of hydrogen-bond acceptors (Lipinski definition) is 3. The van der Waals surface area contributed by atoms with E-state index in [9.17, 15) is 4.79 Å². The molecule has 5 nitrogen and oxygen atoms in total. The molecule has 1 amide bonds. The van der Waals surface area contributed by atoms with Crippen LogP contribution < -0.4 is 10.1 Å². The summed E-state index contributed by atoms with van der Waals surface area (Å²) in [7, 11) is 0. The number of nitrogens with zero attached hydrogens (tertiary/aromatic N) is 2. The fraction of sp³-hybridized carbons (Fsp3) is 0.304. The molecule has 1 atom stereocenters. The summed E-state index contributed by atoms with van der Waals surface area (Å²) < 4.78 is 8.01. The monoisotopic (exact) mass is 377 g/mol. The van der Waals surface area contributed by atoms with Gasteiger partial charge >= 0.3 is 0 Å². The summed E-state index contributed by atoms with van der Waals surface area (Å²) in [6, 6.07) is 14.0. The number of carbonyl (C=O) groups is 1. The Morgan fingerprint density at radius 3 is 2.54 bits per heavy atom. The summed E-state index contributed by atoms with van der Waals surface area (Å²) in [5.41, 5.74) is 4.31. The van der Waals surface area contributed by atoms with E-state index in [-0.39, 0.29) is 5.91 Å². The van der Waals surface area contributed by atoms with Gasteiger partial charge in [-0.2, -0.15) is 0 Å². The summed E-state index contributed by atoms with van der Waals surface area (Å²) >= 11 is 0. The van der Waals surface area contributed by atoms with Crippen LogP contribution in [0.15, 0.2) is 54.9 Å². The van der Waals surface area contributed by atoms with Crippen LogP contribution in [-0.2, 0) is 11.3 Å². The Bertz CT molecular complexity index is 945. The van der Waals surface area contributed by atoms with Crippen LogP contribution in [0, 0.1) is 20.8 Å². The first-order chi connectivity index (χ1) is 13.5. The van der Waals surface area contributed by atoms with E-state index in [0.29, 0.717) is 13.0 Å². The molecule has 2 aromatic carbocycles. The van der Waals surface area contributed by atoms with Crippen LogP contribution in [0.5, 0.6) is 5.75 Å². The predicted octanol–water partition coefficient (Wildman–Crippen LogP) is 4.27. The summed E-state index contributed by atoms with van der Waals surface area (Å²) in [6.45, 7) is 8.44. The molecule has 1 aromatic heterocycles. The molecule has 0 unspecified atom stereocenters. The van der Waals surface area contributed by atoms with Crippen LogP contribution in [0.3, 0.4) is 0 Å². The zero-order valence-electron chi connectivity index (χ0n) is 16.9. The van der Waals surface area contributed by atoms with Crippen LogP contribution in [-0.4, -0.2) is 21.6 Å². The molecule has 3 rings (SSSR count). The largest absolute Gasteiger partial charge is 0.480 e. The van der Waals surface area contributed by atoms with Crippen molar-refractivity contribution in [2.75, 3.05) is 0 Å². The zero-order valence-corrected chi connectivity index (χ0v) is 16.9. The number of hydrogen-bond donors (Lipinski definition) is 1. The summed E-state index contributed by atoms with van der Waals surface area (Å²) in [4.78, 5) is 16.8. The Hall–Kier alpha value is -3.08. The van der Waals surface area contributed by atoms with E-state index in [0.717, 1.165) is 34.0 Å². The third kappa shape index (κ3) is 4.42. The number of aromatic nitrogens is 2. The Morgan fingerprint density at radius 1 is 1.14 bits per heavy atom. The molecule has 1 heterocycles. The molecule has 0 bridgehead atoms. The number of rotatable bonds is 7. The van der Waals surface area contributed by atoms with Crippen molar-refractivity contribution < 1.29 is 9.53 Å². The number of nitrogens with one attached hydrogen (secondary N) is 1. The maximum atomic E-state index is 12.6. The zero-order chi connectivity index (χ0) is 20.1. The van der Waals surface area contributed by atoms with Gasteiger partial charge in [-0.15, -0.1) is 0 Å². The maximum absolute atomic E-state index is 12.6. The van der Waals surface area contributed by atoms with Gasteiger partial charge in [-0.3, -0.25) is 4.79 Å². The minimum atomic E-state index is -0.506. The number of imidazole rings is 1. The molecule has 3 aromatic rings. The quantitative estimate of drug-likeness (QED) is 0.669. The van der Waals surface area contributed by atoms with E-state index in [1.807, 2.05) is 80.9 Å². The molecule has 0 saturated carbocycles. The average Bonchev–Trinajstić information content (AvgIpc) is 3.13. The minimum Gasteiger partial charge on any atom is -0.480 e. The third-order valence-corrected chi connectivity index (χ3v) is 4.99. The fourth-order valence-corrected chi connectivity index (χ4v) is 3.06. The molecule has 0 fully saturated rings. The van der Waals surface area contributed by atoms with Gasteiger partial charge in [-0.1, -0.05) is 31.2 Å². The highest BCUT2D eigenvalue weighted by Gasteiger charge is 2.19. The number of benzene rings is 2. The van der Waals surface area contributed by atoms with E-state index >= 15 is 0 Å². The van der Waals surface area contributed by atoms with Gasteiger partial charge in [-0.05, 0) is 62.1 Å². The first-order valence-electron chi connectivity index (χ1n) is 9.59. The van der Waals surface area contributed by atoms with Crippen molar-refractivity contribution in [3.8, 4) is 11.4 Å².